The molecule has 0 aliphatic carbocycles. The van der Waals surface area contributed by atoms with Gasteiger partial charge in [-0.25, -0.2) is 13.8 Å². The van der Waals surface area contributed by atoms with Crippen molar-refractivity contribution >= 4 is 33.7 Å². The first-order valence-electron chi connectivity index (χ1n) is 13.4. The Labute approximate surface area is 245 Å². The molecule has 1 heterocycles. The quantitative estimate of drug-likeness (QED) is 0.229. The van der Waals surface area contributed by atoms with Crippen LogP contribution in [0.25, 0.3) is 0 Å². The van der Waals surface area contributed by atoms with E-state index < -0.39 is 22.5 Å². The van der Waals surface area contributed by atoms with Gasteiger partial charge in [0.25, 0.3) is 21.8 Å². The van der Waals surface area contributed by atoms with Gasteiger partial charge in [-0.3, -0.25) is 13.9 Å². The average molecular weight is 595 g/mol. The minimum atomic E-state index is -4.07. The minimum absolute atomic E-state index is 0.0165. The summed E-state index contributed by atoms with van der Waals surface area (Å²) in [4.78, 5) is 24.8. The number of anilines is 1. The van der Waals surface area contributed by atoms with Gasteiger partial charge in [0.2, 0.25) is 0 Å². The molecule has 3 aromatic rings. The van der Waals surface area contributed by atoms with Crippen LogP contribution in [-0.4, -0.2) is 66.0 Å². The topological polar surface area (TPSA) is 136 Å². The zero-order valence-corrected chi connectivity index (χ0v) is 24.3. The lowest BCUT2D eigenvalue weighted by Gasteiger charge is -2.24. The molecule has 0 saturated carbocycles. The van der Waals surface area contributed by atoms with Crippen LogP contribution in [0.5, 0.6) is 11.5 Å². The van der Waals surface area contributed by atoms with Crippen LogP contribution in [0.15, 0.2) is 82.8 Å². The number of hydrogen-bond acceptors (Lipinski definition) is 8. The summed E-state index contributed by atoms with van der Waals surface area (Å²) < 4.78 is 44.1. The lowest BCUT2D eigenvalue weighted by molar-refractivity contribution is -0.123. The Morgan fingerprint density at radius 2 is 1.69 bits per heavy atom. The van der Waals surface area contributed by atoms with Gasteiger partial charge >= 0.3 is 0 Å². The van der Waals surface area contributed by atoms with E-state index in [1.54, 1.807) is 60.7 Å². The molecule has 0 bridgehead atoms. The summed E-state index contributed by atoms with van der Waals surface area (Å²) in [5.74, 6) is 0.157. The molecule has 1 fully saturated rings. The molecule has 0 unspecified atom stereocenters. The van der Waals surface area contributed by atoms with Crippen LogP contribution >= 0.6 is 0 Å². The predicted molar refractivity (Wildman–Crippen MR) is 158 cm³/mol. The maximum Gasteiger partial charge on any atom is 0.264 e. The molecule has 42 heavy (non-hydrogen) atoms. The highest BCUT2D eigenvalue weighted by Gasteiger charge is 2.27. The second-order valence-corrected chi connectivity index (χ2v) is 11.5. The molecule has 222 valence electrons. The SMILES string of the molecule is COc1ccc(S(=O)(=O)N(CC(=O)N/N=C\c2ccc(OCC(=O)NC[C@@H]3CCCO3)cc2)c2ccc(C)cc2)cc1. The van der Waals surface area contributed by atoms with Crippen LogP contribution in [0.1, 0.15) is 24.0 Å². The normalized spacial score (nSPS) is 14.9. The van der Waals surface area contributed by atoms with E-state index in [-0.39, 0.29) is 23.5 Å². The molecule has 1 aliphatic heterocycles. The van der Waals surface area contributed by atoms with Crippen LogP contribution < -0.4 is 24.5 Å². The van der Waals surface area contributed by atoms with Crippen molar-refractivity contribution in [1.82, 2.24) is 10.7 Å². The second-order valence-electron chi connectivity index (χ2n) is 9.61. The fourth-order valence-electron chi connectivity index (χ4n) is 4.13. The molecular weight excluding hydrogens is 560 g/mol. The molecular formula is C30H34N4O7S. The standard InChI is InChI=1S/C30H34N4O7S/c1-22-5-9-24(10-6-22)34(42(37,38)28-15-13-25(39-2)14-16-28)20-29(35)33-32-18-23-7-11-26(12-8-23)41-21-30(36)31-19-27-4-3-17-40-27/h5-16,18,27H,3-4,17,19-21H2,1-2H3,(H,31,36)(H,33,35)/b32-18-/t27-/m0/s1. The van der Waals surface area contributed by atoms with Gasteiger partial charge in [-0.05, 0) is 86.0 Å². The number of carbonyl (C=O) groups excluding carboxylic acids is 2. The Morgan fingerprint density at radius 1 is 1.00 bits per heavy atom. The van der Waals surface area contributed by atoms with E-state index in [1.807, 2.05) is 6.92 Å². The maximum atomic E-state index is 13.5. The Balaban J connectivity index is 1.33. The first kappa shape index (κ1) is 30.5. The van der Waals surface area contributed by atoms with Crippen molar-refractivity contribution in [2.45, 2.75) is 30.8 Å². The second kappa shape index (κ2) is 14.5. The van der Waals surface area contributed by atoms with Gasteiger partial charge in [-0.2, -0.15) is 5.10 Å². The molecule has 11 nitrogen and oxygen atoms in total. The van der Waals surface area contributed by atoms with Crippen molar-refractivity contribution in [3.05, 3.63) is 83.9 Å². The molecule has 12 heteroatoms. The molecule has 0 aromatic heterocycles. The lowest BCUT2D eigenvalue weighted by atomic mass is 10.2. The fraction of sp³-hybridized carbons (Fsp3) is 0.300. The predicted octanol–water partition coefficient (Wildman–Crippen LogP) is 3.02. The van der Waals surface area contributed by atoms with Gasteiger partial charge in [-0.15, -0.1) is 0 Å². The third kappa shape index (κ3) is 8.54. The molecule has 2 N–H and O–H groups in total. The van der Waals surface area contributed by atoms with Gasteiger partial charge in [0.1, 0.15) is 18.0 Å². The molecule has 0 spiro atoms. The van der Waals surface area contributed by atoms with E-state index in [9.17, 15) is 18.0 Å². The number of ether oxygens (including phenoxy) is 3. The van der Waals surface area contributed by atoms with Gasteiger partial charge in [-0.1, -0.05) is 17.7 Å². The van der Waals surface area contributed by atoms with Crippen LogP contribution in [0.3, 0.4) is 0 Å². The Hall–Kier alpha value is -4.42. The first-order valence-corrected chi connectivity index (χ1v) is 14.8. The number of hydrazone groups is 1. The Bertz CT molecular complexity index is 1470. The largest absolute Gasteiger partial charge is 0.497 e. The van der Waals surface area contributed by atoms with Crippen LogP contribution in [-0.2, 0) is 24.3 Å². The number of benzene rings is 3. The third-order valence-corrected chi connectivity index (χ3v) is 8.25. The fourth-order valence-corrected chi connectivity index (χ4v) is 5.55. The number of nitrogens with one attached hydrogen (secondary N) is 2. The summed E-state index contributed by atoms with van der Waals surface area (Å²) in [5.41, 5.74) is 4.33. The highest BCUT2D eigenvalue weighted by molar-refractivity contribution is 7.92. The molecule has 1 saturated heterocycles. The summed E-state index contributed by atoms with van der Waals surface area (Å²) >= 11 is 0. The van der Waals surface area contributed by atoms with E-state index >= 15 is 0 Å². The average Bonchev–Trinajstić information content (AvgIpc) is 3.53. The monoisotopic (exact) mass is 594 g/mol. The zero-order valence-electron chi connectivity index (χ0n) is 23.5. The van der Waals surface area contributed by atoms with Crippen LogP contribution in [0.4, 0.5) is 5.69 Å². The summed E-state index contributed by atoms with van der Waals surface area (Å²) in [5, 5.41) is 6.76. The Morgan fingerprint density at radius 3 is 2.33 bits per heavy atom. The van der Waals surface area contributed by atoms with Crippen molar-refractivity contribution in [2.24, 2.45) is 5.10 Å². The van der Waals surface area contributed by atoms with Crippen molar-refractivity contribution < 1.29 is 32.2 Å². The third-order valence-electron chi connectivity index (χ3n) is 6.46. The van der Waals surface area contributed by atoms with E-state index in [0.717, 1.165) is 29.3 Å². The number of hydrogen-bond donors (Lipinski definition) is 2. The van der Waals surface area contributed by atoms with Crippen molar-refractivity contribution in [3.63, 3.8) is 0 Å². The van der Waals surface area contributed by atoms with Crippen LogP contribution in [0.2, 0.25) is 0 Å². The summed E-state index contributed by atoms with van der Waals surface area (Å²) in [6.07, 6.45) is 3.44. The molecule has 4 rings (SSSR count). The zero-order chi connectivity index (χ0) is 30.0. The number of sulfonamides is 1. The summed E-state index contributed by atoms with van der Waals surface area (Å²) in [6.45, 7) is 2.48. The van der Waals surface area contributed by atoms with Crippen molar-refractivity contribution in [3.8, 4) is 11.5 Å². The Kier molecular flexibility index (Phi) is 10.5. The van der Waals surface area contributed by atoms with Gasteiger partial charge in [0.15, 0.2) is 6.61 Å². The van der Waals surface area contributed by atoms with Gasteiger partial charge < -0.3 is 19.5 Å². The molecule has 1 atom stereocenters. The number of rotatable bonds is 13. The van der Waals surface area contributed by atoms with E-state index in [1.165, 1.54) is 25.5 Å². The first-order chi connectivity index (χ1) is 20.2. The smallest absolute Gasteiger partial charge is 0.264 e. The number of aryl methyl sites for hydroxylation is 1. The molecule has 2 amide bonds. The van der Waals surface area contributed by atoms with E-state index in [0.29, 0.717) is 29.3 Å². The summed E-state index contributed by atoms with van der Waals surface area (Å²) in [7, 11) is -2.58. The van der Waals surface area contributed by atoms with Crippen LogP contribution in [0, 0.1) is 6.92 Å². The van der Waals surface area contributed by atoms with Gasteiger partial charge in [0.05, 0.1) is 30.0 Å². The maximum absolute atomic E-state index is 13.5. The number of carbonyl (C=O) groups is 2. The number of methoxy groups -OCH3 is 1. The molecule has 0 radical (unpaired) electrons. The number of amides is 2. The van der Waals surface area contributed by atoms with Crippen molar-refractivity contribution in [2.75, 3.05) is 37.7 Å². The highest BCUT2D eigenvalue weighted by atomic mass is 32.2. The van der Waals surface area contributed by atoms with E-state index in [2.05, 4.69) is 15.8 Å². The summed E-state index contributed by atoms with van der Waals surface area (Å²) in [6, 6.07) is 19.5. The lowest BCUT2D eigenvalue weighted by Crippen LogP contribution is -2.39. The van der Waals surface area contributed by atoms with E-state index in [4.69, 9.17) is 14.2 Å². The number of nitrogens with zero attached hydrogens (tertiary/aromatic N) is 2. The van der Waals surface area contributed by atoms with Gasteiger partial charge in [0, 0.05) is 13.2 Å². The molecule has 3 aromatic carbocycles. The molecule has 1 aliphatic rings. The highest BCUT2D eigenvalue weighted by Crippen LogP contribution is 2.25. The van der Waals surface area contributed by atoms with Crippen molar-refractivity contribution in [1.29, 1.82) is 0 Å². The minimum Gasteiger partial charge on any atom is -0.497 e.